The number of alkyl halides is 2. The molecule has 0 heterocycles. The van der Waals surface area contributed by atoms with Crippen LogP contribution in [0.1, 0.15) is 11.1 Å². The number of guanidine groups is 1. The summed E-state index contributed by atoms with van der Waals surface area (Å²) >= 11 is 6.14. The Morgan fingerprint density at radius 1 is 1.15 bits per heavy atom. The molecule has 5 nitrogen and oxygen atoms in total. The molecule has 0 fully saturated rings. The van der Waals surface area contributed by atoms with Gasteiger partial charge in [-0.15, -0.1) is 0 Å². The molecule has 0 bridgehead atoms. The molecule has 0 spiro atoms. The van der Waals surface area contributed by atoms with Gasteiger partial charge in [0, 0.05) is 25.2 Å². The molecule has 2 aromatic rings. The number of benzene rings is 2. The second kappa shape index (κ2) is 10.6. The highest BCUT2D eigenvalue weighted by Crippen LogP contribution is 2.29. The fourth-order valence-electron chi connectivity index (χ4n) is 2.43. The van der Waals surface area contributed by atoms with E-state index in [1.807, 2.05) is 24.3 Å². The Hall–Kier alpha value is -2.54. The van der Waals surface area contributed by atoms with Crippen LogP contribution in [0.15, 0.2) is 47.5 Å². The smallest absolute Gasteiger partial charge is 0.387 e. The van der Waals surface area contributed by atoms with Crippen molar-refractivity contribution in [3.8, 4) is 11.5 Å². The molecule has 146 valence electrons. The third-order valence-electron chi connectivity index (χ3n) is 3.78. The number of hydrogen-bond donors (Lipinski definition) is 2. The van der Waals surface area contributed by atoms with Crippen molar-refractivity contribution in [2.45, 2.75) is 19.6 Å². The lowest BCUT2D eigenvalue weighted by molar-refractivity contribution is -0.0512. The maximum Gasteiger partial charge on any atom is 0.387 e. The summed E-state index contributed by atoms with van der Waals surface area (Å²) in [5, 5.41) is 7.04. The first-order valence-corrected chi connectivity index (χ1v) is 8.71. The van der Waals surface area contributed by atoms with Crippen LogP contribution in [0.2, 0.25) is 5.02 Å². The summed E-state index contributed by atoms with van der Waals surface area (Å²) in [7, 11) is 3.08. The first-order valence-electron chi connectivity index (χ1n) is 8.33. The van der Waals surface area contributed by atoms with Gasteiger partial charge in [-0.1, -0.05) is 35.9 Å². The Balaban J connectivity index is 1.87. The van der Waals surface area contributed by atoms with Gasteiger partial charge in [-0.2, -0.15) is 8.78 Å². The number of rotatable bonds is 8. The second-order valence-corrected chi connectivity index (χ2v) is 5.96. The van der Waals surface area contributed by atoms with Crippen LogP contribution < -0.4 is 20.1 Å². The van der Waals surface area contributed by atoms with Crippen molar-refractivity contribution in [2.24, 2.45) is 4.99 Å². The summed E-state index contributed by atoms with van der Waals surface area (Å²) in [6, 6.07) is 12.5. The van der Waals surface area contributed by atoms with E-state index in [9.17, 15) is 8.78 Å². The van der Waals surface area contributed by atoms with E-state index in [4.69, 9.17) is 16.3 Å². The fraction of sp³-hybridized carbons (Fsp3) is 0.316. The number of nitrogens with one attached hydrogen (secondary N) is 2. The first kappa shape index (κ1) is 20.8. The van der Waals surface area contributed by atoms with E-state index in [2.05, 4.69) is 20.4 Å². The lowest BCUT2D eigenvalue weighted by atomic mass is 10.1. The molecule has 8 heteroatoms. The third-order valence-corrected chi connectivity index (χ3v) is 4.15. The second-order valence-electron chi connectivity index (χ2n) is 5.56. The maximum absolute atomic E-state index is 12.5. The Morgan fingerprint density at radius 3 is 2.59 bits per heavy atom. The van der Waals surface area contributed by atoms with E-state index in [-0.39, 0.29) is 11.5 Å². The van der Waals surface area contributed by atoms with E-state index < -0.39 is 6.61 Å². The Labute approximate surface area is 162 Å². The highest BCUT2D eigenvalue weighted by atomic mass is 35.5. The number of aliphatic imine (C=N–C) groups is 1. The monoisotopic (exact) mass is 397 g/mol. The molecule has 0 aliphatic heterocycles. The van der Waals surface area contributed by atoms with Crippen LogP contribution in [-0.2, 0) is 13.0 Å². The molecule has 27 heavy (non-hydrogen) atoms. The van der Waals surface area contributed by atoms with Crippen molar-refractivity contribution in [1.29, 1.82) is 0 Å². The van der Waals surface area contributed by atoms with Gasteiger partial charge >= 0.3 is 6.61 Å². The van der Waals surface area contributed by atoms with Crippen LogP contribution >= 0.6 is 11.6 Å². The van der Waals surface area contributed by atoms with Gasteiger partial charge in [-0.25, -0.2) is 0 Å². The molecular weight excluding hydrogens is 376 g/mol. The van der Waals surface area contributed by atoms with Crippen molar-refractivity contribution >= 4 is 17.6 Å². The van der Waals surface area contributed by atoms with Crippen LogP contribution in [-0.4, -0.2) is 33.3 Å². The fourth-order valence-corrected chi connectivity index (χ4v) is 2.63. The number of ether oxygens (including phenoxy) is 2. The molecule has 2 N–H and O–H groups in total. The molecule has 0 saturated heterocycles. The van der Waals surface area contributed by atoms with Gasteiger partial charge in [0.25, 0.3) is 0 Å². The Bertz CT molecular complexity index is 772. The maximum atomic E-state index is 12.5. The molecule has 2 aromatic carbocycles. The minimum Gasteiger partial charge on any atom is -0.493 e. The van der Waals surface area contributed by atoms with Crippen LogP contribution in [0.3, 0.4) is 0 Å². The largest absolute Gasteiger partial charge is 0.493 e. The van der Waals surface area contributed by atoms with Gasteiger partial charge in [-0.3, -0.25) is 4.99 Å². The molecule has 0 aromatic heterocycles. The first-order chi connectivity index (χ1) is 13.0. The van der Waals surface area contributed by atoms with E-state index in [0.717, 1.165) is 11.1 Å². The SMILES string of the molecule is CN=C(NCCc1ccc(OC)c(OC(F)F)c1)NCc1ccccc1Cl. The number of halogens is 3. The number of hydrogen-bond acceptors (Lipinski definition) is 3. The summed E-state index contributed by atoms with van der Waals surface area (Å²) in [4.78, 5) is 4.16. The molecule has 0 amide bonds. The van der Waals surface area contributed by atoms with E-state index >= 15 is 0 Å². The van der Waals surface area contributed by atoms with Crippen LogP contribution in [0.25, 0.3) is 0 Å². The van der Waals surface area contributed by atoms with Gasteiger partial charge in [0.15, 0.2) is 17.5 Å². The number of methoxy groups -OCH3 is 1. The average Bonchev–Trinajstić information content (AvgIpc) is 2.65. The molecule has 0 aliphatic carbocycles. The summed E-state index contributed by atoms with van der Waals surface area (Å²) in [6.45, 7) is -1.81. The summed E-state index contributed by atoms with van der Waals surface area (Å²) < 4.78 is 34.5. The topological polar surface area (TPSA) is 54.9 Å². The summed E-state index contributed by atoms with van der Waals surface area (Å²) in [6.07, 6.45) is 0.594. The zero-order chi connectivity index (χ0) is 19.6. The van der Waals surface area contributed by atoms with Crippen LogP contribution in [0, 0.1) is 0 Å². The van der Waals surface area contributed by atoms with Crippen molar-refractivity contribution in [2.75, 3.05) is 20.7 Å². The predicted molar refractivity (Wildman–Crippen MR) is 103 cm³/mol. The van der Waals surface area contributed by atoms with Gasteiger partial charge in [0.1, 0.15) is 0 Å². The number of nitrogens with zero attached hydrogens (tertiary/aromatic N) is 1. The standard InChI is InChI=1S/C19H22ClF2N3O2/c1-23-19(25-12-14-5-3-4-6-15(14)20)24-10-9-13-7-8-16(26-2)17(11-13)27-18(21)22/h3-8,11,18H,9-10,12H2,1-2H3,(H2,23,24,25). The third kappa shape index (κ3) is 6.60. The molecule has 2 rings (SSSR count). The van der Waals surface area contributed by atoms with Crippen molar-refractivity contribution in [3.05, 3.63) is 58.6 Å². The van der Waals surface area contributed by atoms with Gasteiger partial charge in [0.05, 0.1) is 7.11 Å². The van der Waals surface area contributed by atoms with Gasteiger partial charge < -0.3 is 20.1 Å². The Morgan fingerprint density at radius 2 is 1.93 bits per heavy atom. The highest BCUT2D eigenvalue weighted by Gasteiger charge is 2.11. The minimum absolute atomic E-state index is 0.0197. The minimum atomic E-state index is -2.90. The lowest BCUT2D eigenvalue weighted by Gasteiger charge is -2.14. The van der Waals surface area contributed by atoms with Crippen LogP contribution in [0.5, 0.6) is 11.5 Å². The average molecular weight is 398 g/mol. The van der Waals surface area contributed by atoms with E-state index in [0.29, 0.717) is 30.5 Å². The quantitative estimate of drug-likeness (QED) is 0.524. The van der Waals surface area contributed by atoms with Crippen LogP contribution in [0.4, 0.5) is 8.78 Å². The van der Waals surface area contributed by atoms with Crippen molar-refractivity contribution in [1.82, 2.24) is 10.6 Å². The zero-order valence-corrected chi connectivity index (χ0v) is 15.9. The lowest BCUT2D eigenvalue weighted by Crippen LogP contribution is -2.37. The molecule has 0 atom stereocenters. The van der Waals surface area contributed by atoms with Gasteiger partial charge in [0.2, 0.25) is 0 Å². The predicted octanol–water partition coefficient (Wildman–Crippen LogP) is 3.86. The van der Waals surface area contributed by atoms with Gasteiger partial charge in [-0.05, 0) is 35.7 Å². The van der Waals surface area contributed by atoms with E-state index in [1.54, 1.807) is 25.2 Å². The van der Waals surface area contributed by atoms with E-state index in [1.165, 1.54) is 7.11 Å². The molecule has 0 aliphatic rings. The summed E-state index contributed by atoms with van der Waals surface area (Å²) in [5.74, 6) is 0.905. The Kier molecular flexibility index (Phi) is 8.13. The molecular formula is C19H22ClF2N3O2. The normalized spacial score (nSPS) is 11.4. The van der Waals surface area contributed by atoms with Crippen molar-refractivity contribution in [3.63, 3.8) is 0 Å². The van der Waals surface area contributed by atoms with Crippen molar-refractivity contribution < 1.29 is 18.3 Å². The zero-order valence-electron chi connectivity index (χ0n) is 15.1. The summed E-state index contributed by atoms with van der Waals surface area (Å²) in [5.41, 5.74) is 1.80. The molecule has 0 saturated carbocycles. The molecule has 0 unspecified atom stereocenters. The highest BCUT2D eigenvalue weighted by molar-refractivity contribution is 6.31. The molecule has 0 radical (unpaired) electrons.